The van der Waals surface area contributed by atoms with E-state index < -0.39 is 29.6 Å². The van der Waals surface area contributed by atoms with Crippen molar-refractivity contribution in [3.05, 3.63) is 52.6 Å². The summed E-state index contributed by atoms with van der Waals surface area (Å²) in [6, 6.07) is 4.41. The molecular weight excluding hydrogens is 303 g/mol. The third-order valence-corrected chi connectivity index (χ3v) is 2.68. The van der Waals surface area contributed by atoms with Gasteiger partial charge in [0.15, 0.2) is 0 Å². The van der Waals surface area contributed by atoms with Crippen LogP contribution in [0.1, 0.15) is 11.6 Å². The van der Waals surface area contributed by atoms with E-state index in [1.807, 2.05) is 0 Å². The SMILES string of the molecule is C=CCN(C(=O)C(F)(F)F)C(C#N)c1ccc([N+](=O)[O-])cc1. The zero-order valence-electron chi connectivity index (χ0n) is 11.1. The fraction of sp³-hybridized carbons (Fsp3) is 0.231. The first kappa shape index (κ1) is 17.2. The average molecular weight is 313 g/mol. The Labute approximate surface area is 123 Å². The average Bonchev–Trinajstić information content (AvgIpc) is 2.46. The molecule has 0 aromatic heterocycles. The standard InChI is InChI=1S/C13H10F3N3O3/c1-2-7-18(12(20)13(14,15)16)11(8-17)9-3-5-10(6-4-9)19(21)22/h2-6,11H,1,7H2. The van der Waals surface area contributed by atoms with E-state index in [2.05, 4.69) is 6.58 Å². The van der Waals surface area contributed by atoms with Gasteiger partial charge in [-0.3, -0.25) is 14.9 Å². The number of nitro groups is 1. The van der Waals surface area contributed by atoms with E-state index in [0.717, 1.165) is 30.3 Å². The molecule has 0 saturated heterocycles. The lowest BCUT2D eigenvalue weighted by Crippen LogP contribution is -2.43. The number of nitrogens with zero attached hydrogens (tertiary/aromatic N) is 3. The van der Waals surface area contributed by atoms with Crippen LogP contribution in [0.3, 0.4) is 0 Å². The minimum Gasteiger partial charge on any atom is -0.311 e. The third kappa shape index (κ3) is 3.82. The number of hydrogen-bond acceptors (Lipinski definition) is 4. The normalized spacial score (nSPS) is 12.1. The van der Waals surface area contributed by atoms with E-state index in [9.17, 15) is 28.1 Å². The van der Waals surface area contributed by atoms with Crippen LogP contribution in [0.4, 0.5) is 18.9 Å². The first-order valence-electron chi connectivity index (χ1n) is 5.85. The lowest BCUT2D eigenvalue weighted by atomic mass is 10.1. The molecule has 0 heterocycles. The molecule has 0 saturated carbocycles. The Kier molecular flexibility index (Phi) is 5.23. The number of carbonyl (C=O) groups excluding carboxylic acids is 1. The molecule has 1 aromatic rings. The highest BCUT2D eigenvalue weighted by Crippen LogP contribution is 2.27. The van der Waals surface area contributed by atoms with Crippen molar-refractivity contribution in [2.75, 3.05) is 6.54 Å². The molecule has 1 atom stereocenters. The summed E-state index contributed by atoms with van der Waals surface area (Å²) in [7, 11) is 0. The van der Waals surface area contributed by atoms with E-state index in [4.69, 9.17) is 5.26 Å². The smallest absolute Gasteiger partial charge is 0.311 e. The van der Waals surface area contributed by atoms with Gasteiger partial charge in [-0.05, 0) is 17.7 Å². The number of hydrogen-bond donors (Lipinski definition) is 0. The number of nitro benzene ring substituents is 1. The Hall–Kier alpha value is -2.89. The van der Waals surface area contributed by atoms with Crippen molar-refractivity contribution in [1.82, 2.24) is 4.90 Å². The molecule has 1 rings (SSSR count). The number of amides is 1. The number of nitriles is 1. The van der Waals surface area contributed by atoms with Crippen LogP contribution in [0, 0.1) is 21.4 Å². The summed E-state index contributed by atoms with van der Waals surface area (Å²) in [4.78, 5) is 21.6. The van der Waals surface area contributed by atoms with Gasteiger partial charge >= 0.3 is 12.1 Å². The maximum Gasteiger partial charge on any atom is 0.471 e. The summed E-state index contributed by atoms with van der Waals surface area (Å²) in [5.41, 5.74) is -0.245. The zero-order chi connectivity index (χ0) is 16.9. The monoisotopic (exact) mass is 313 g/mol. The molecule has 1 amide bonds. The molecule has 0 bridgehead atoms. The Bertz CT molecular complexity index is 620. The van der Waals surface area contributed by atoms with Gasteiger partial charge in [0.2, 0.25) is 0 Å². The number of rotatable bonds is 5. The Morgan fingerprint density at radius 3 is 2.36 bits per heavy atom. The number of carbonyl (C=O) groups is 1. The zero-order valence-corrected chi connectivity index (χ0v) is 11.1. The molecule has 0 radical (unpaired) electrons. The molecule has 0 fully saturated rings. The molecule has 9 heteroatoms. The molecule has 116 valence electrons. The maximum atomic E-state index is 12.6. The van der Waals surface area contributed by atoms with Gasteiger partial charge in [0.1, 0.15) is 6.04 Å². The molecule has 0 aliphatic heterocycles. The van der Waals surface area contributed by atoms with Crippen LogP contribution in [0.15, 0.2) is 36.9 Å². The molecule has 1 unspecified atom stereocenters. The van der Waals surface area contributed by atoms with Crippen molar-refractivity contribution in [2.24, 2.45) is 0 Å². The minimum atomic E-state index is -5.14. The molecule has 0 aliphatic carbocycles. The molecule has 22 heavy (non-hydrogen) atoms. The number of non-ortho nitro benzene ring substituents is 1. The third-order valence-electron chi connectivity index (χ3n) is 2.68. The van der Waals surface area contributed by atoms with Crippen LogP contribution in [-0.4, -0.2) is 28.5 Å². The fourth-order valence-corrected chi connectivity index (χ4v) is 1.71. The van der Waals surface area contributed by atoms with E-state index in [1.54, 1.807) is 6.07 Å². The molecule has 6 nitrogen and oxygen atoms in total. The van der Waals surface area contributed by atoms with Gasteiger partial charge in [0, 0.05) is 18.7 Å². The summed E-state index contributed by atoms with van der Waals surface area (Å²) in [5.74, 6) is -2.18. The Balaban J connectivity index is 3.20. The first-order chi connectivity index (χ1) is 10.2. The Morgan fingerprint density at radius 2 is 2.00 bits per heavy atom. The van der Waals surface area contributed by atoms with Crippen LogP contribution < -0.4 is 0 Å². The predicted octanol–water partition coefficient (Wildman–Crippen LogP) is 2.74. The summed E-state index contributed by atoms with van der Waals surface area (Å²) in [5, 5.41) is 19.6. The number of halogens is 3. The van der Waals surface area contributed by atoms with Crippen molar-refractivity contribution in [3.8, 4) is 6.07 Å². The largest absolute Gasteiger partial charge is 0.471 e. The Morgan fingerprint density at radius 1 is 1.45 bits per heavy atom. The first-order valence-corrected chi connectivity index (χ1v) is 5.85. The molecule has 1 aromatic carbocycles. The second-order valence-electron chi connectivity index (χ2n) is 4.12. The summed E-state index contributed by atoms with van der Waals surface area (Å²) in [6.07, 6.45) is -4.09. The second-order valence-corrected chi connectivity index (χ2v) is 4.12. The van der Waals surface area contributed by atoms with Crippen LogP contribution in [-0.2, 0) is 4.79 Å². The van der Waals surface area contributed by atoms with E-state index >= 15 is 0 Å². The van der Waals surface area contributed by atoms with Crippen molar-refractivity contribution in [3.63, 3.8) is 0 Å². The topological polar surface area (TPSA) is 87.2 Å². The van der Waals surface area contributed by atoms with Gasteiger partial charge in [-0.15, -0.1) is 6.58 Å². The van der Waals surface area contributed by atoms with Crippen LogP contribution in [0.2, 0.25) is 0 Å². The fourth-order valence-electron chi connectivity index (χ4n) is 1.71. The second kappa shape index (κ2) is 6.71. The molecule has 0 spiro atoms. The quantitative estimate of drug-likeness (QED) is 0.475. The van der Waals surface area contributed by atoms with Crippen LogP contribution in [0.5, 0.6) is 0 Å². The minimum absolute atomic E-state index is 0.0348. The molecule has 0 N–H and O–H groups in total. The molecule has 0 aliphatic rings. The highest BCUT2D eigenvalue weighted by atomic mass is 19.4. The van der Waals surface area contributed by atoms with Crippen LogP contribution >= 0.6 is 0 Å². The highest BCUT2D eigenvalue weighted by molar-refractivity contribution is 5.82. The van der Waals surface area contributed by atoms with Crippen molar-refractivity contribution < 1.29 is 22.9 Å². The van der Waals surface area contributed by atoms with Gasteiger partial charge in [-0.1, -0.05) is 6.08 Å². The van der Waals surface area contributed by atoms with Gasteiger partial charge in [-0.2, -0.15) is 18.4 Å². The lowest BCUT2D eigenvalue weighted by molar-refractivity contribution is -0.384. The highest BCUT2D eigenvalue weighted by Gasteiger charge is 2.44. The van der Waals surface area contributed by atoms with E-state index in [-0.39, 0.29) is 11.3 Å². The van der Waals surface area contributed by atoms with Crippen LogP contribution in [0.25, 0.3) is 0 Å². The maximum absolute atomic E-state index is 12.6. The number of alkyl halides is 3. The van der Waals surface area contributed by atoms with Crippen molar-refractivity contribution in [1.29, 1.82) is 5.26 Å². The lowest BCUT2D eigenvalue weighted by Gasteiger charge is -2.27. The summed E-state index contributed by atoms with van der Waals surface area (Å²) >= 11 is 0. The van der Waals surface area contributed by atoms with Gasteiger partial charge in [-0.25, -0.2) is 0 Å². The van der Waals surface area contributed by atoms with Gasteiger partial charge in [0.25, 0.3) is 5.69 Å². The van der Waals surface area contributed by atoms with E-state index in [0.29, 0.717) is 4.90 Å². The molecular formula is C13H10F3N3O3. The number of benzene rings is 1. The van der Waals surface area contributed by atoms with E-state index in [1.165, 1.54) is 0 Å². The summed E-state index contributed by atoms with van der Waals surface area (Å²) < 4.78 is 37.7. The van der Waals surface area contributed by atoms with Gasteiger partial charge in [0.05, 0.1) is 11.0 Å². The summed E-state index contributed by atoms with van der Waals surface area (Å²) in [6.45, 7) is 2.76. The van der Waals surface area contributed by atoms with Crippen molar-refractivity contribution in [2.45, 2.75) is 12.2 Å². The van der Waals surface area contributed by atoms with Gasteiger partial charge < -0.3 is 4.90 Å². The predicted molar refractivity (Wildman–Crippen MR) is 69.4 cm³/mol. The van der Waals surface area contributed by atoms with Crippen molar-refractivity contribution >= 4 is 11.6 Å².